The molecule has 1 N–H and O–H groups in total. The summed E-state index contributed by atoms with van der Waals surface area (Å²) in [6, 6.07) is 0. The highest BCUT2D eigenvalue weighted by Gasteiger charge is 2.01. The van der Waals surface area contributed by atoms with Crippen LogP contribution in [-0.4, -0.2) is 49.5 Å². The van der Waals surface area contributed by atoms with Crippen LogP contribution >= 0.6 is 21.6 Å². The summed E-state index contributed by atoms with van der Waals surface area (Å²) in [5, 5.41) is 3.00. The third-order valence-electron chi connectivity index (χ3n) is 4.18. The van der Waals surface area contributed by atoms with Crippen LogP contribution in [0.1, 0.15) is 84.0 Å². The van der Waals surface area contributed by atoms with Gasteiger partial charge in [0.15, 0.2) is 0 Å². The summed E-state index contributed by atoms with van der Waals surface area (Å²) in [4.78, 5) is 13.8. The zero-order valence-electron chi connectivity index (χ0n) is 17.0. The molecule has 0 saturated carbocycles. The number of hydrogen-bond acceptors (Lipinski definition) is 4. The van der Waals surface area contributed by atoms with E-state index in [9.17, 15) is 4.79 Å². The molecule has 0 aliphatic heterocycles. The van der Waals surface area contributed by atoms with Gasteiger partial charge in [-0.1, -0.05) is 86.3 Å². The van der Waals surface area contributed by atoms with Crippen LogP contribution in [-0.2, 0) is 4.79 Å². The van der Waals surface area contributed by atoms with Gasteiger partial charge in [0.05, 0.1) is 0 Å². The summed E-state index contributed by atoms with van der Waals surface area (Å²) in [7, 11) is 7.91. The molecule has 0 rings (SSSR count). The molecule has 0 aromatic carbocycles. The highest BCUT2D eigenvalue weighted by atomic mass is 33.1. The summed E-state index contributed by atoms with van der Waals surface area (Å²) >= 11 is 0. The van der Waals surface area contributed by atoms with E-state index in [1.54, 1.807) is 0 Å². The van der Waals surface area contributed by atoms with Gasteiger partial charge in [-0.2, -0.15) is 0 Å². The van der Waals surface area contributed by atoms with Gasteiger partial charge >= 0.3 is 0 Å². The smallest absolute Gasteiger partial charge is 0.220 e. The second kappa shape index (κ2) is 20.4. The Morgan fingerprint density at radius 2 is 1.36 bits per heavy atom. The standard InChI is InChI=1S/C20H42N2OS2/c1-4-5-6-7-8-9-10-11-12-13-18-24-25-19-15-20(23)21-16-14-17-22(2)3/h4-19H2,1-3H3,(H,21,23). The Morgan fingerprint density at radius 3 is 1.96 bits per heavy atom. The Labute approximate surface area is 165 Å². The minimum atomic E-state index is 0.200. The SMILES string of the molecule is CCCCCCCCCCCCSSCCC(=O)NCCCN(C)C. The first-order chi connectivity index (χ1) is 12.2. The molecule has 0 bridgehead atoms. The molecule has 5 heteroatoms. The lowest BCUT2D eigenvalue weighted by Gasteiger charge is -2.09. The quantitative estimate of drug-likeness (QED) is 0.225. The van der Waals surface area contributed by atoms with Crippen molar-refractivity contribution in [1.29, 1.82) is 0 Å². The summed E-state index contributed by atoms with van der Waals surface area (Å²) in [6.07, 6.45) is 15.7. The van der Waals surface area contributed by atoms with Crippen LogP contribution in [0.15, 0.2) is 0 Å². The molecule has 0 unspecified atom stereocenters. The zero-order chi connectivity index (χ0) is 18.6. The van der Waals surface area contributed by atoms with Crippen molar-refractivity contribution in [2.45, 2.75) is 84.0 Å². The van der Waals surface area contributed by atoms with E-state index in [1.165, 1.54) is 70.0 Å². The lowest BCUT2D eigenvalue weighted by atomic mass is 10.1. The second-order valence-corrected chi connectivity index (χ2v) is 9.78. The first kappa shape index (κ1) is 25.1. The van der Waals surface area contributed by atoms with Crippen molar-refractivity contribution in [3.63, 3.8) is 0 Å². The number of hydrogen-bond donors (Lipinski definition) is 1. The van der Waals surface area contributed by atoms with Crippen LogP contribution in [0.5, 0.6) is 0 Å². The molecule has 0 aliphatic rings. The van der Waals surface area contributed by atoms with E-state index in [-0.39, 0.29) is 5.91 Å². The van der Waals surface area contributed by atoms with Crippen molar-refractivity contribution in [2.75, 3.05) is 38.7 Å². The van der Waals surface area contributed by atoms with E-state index in [4.69, 9.17) is 0 Å². The topological polar surface area (TPSA) is 32.3 Å². The van der Waals surface area contributed by atoms with Crippen LogP contribution in [0.2, 0.25) is 0 Å². The molecule has 3 nitrogen and oxygen atoms in total. The van der Waals surface area contributed by atoms with E-state index >= 15 is 0 Å². The molecule has 150 valence electrons. The molecule has 0 aromatic rings. The summed E-state index contributed by atoms with van der Waals surface area (Å²) < 4.78 is 0. The van der Waals surface area contributed by atoms with Crippen molar-refractivity contribution in [1.82, 2.24) is 10.2 Å². The average Bonchev–Trinajstić information content (AvgIpc) is 2.59. The monoisotopic (exact) mass is 390 g/mol. The van der Waals surface area contributed by atoms with Crippen LogP contribution in [0.25, 0.3) is 0 Å². The van der Waals surface area contributed by atoms with Gasteiger partial charge in [0, 0.05) is 24.5 Å². The average molecular weight is 391 g/mol. The summed E-state index contributed by atoms with van der Waals surface area (Å²) in [6.45, 7) is 4.11. The fraction of sp³-hybridized carbons (Fsp3) is 0.950. The Bertz CT molecular complexity index is 289. The van der Waals surface area contributed by atoms with Gasteiger partial charge in [0.25, 0.3) is 0 Å². The molecule has 0 aromatic heterocycles. The Hall–Kier alpha value is 0.130. The Kier molecular flexibility index (Phi) is 20.5. The Morgan fingerprint density at radius 1 is 0.800 bits per heavy atom. The zero-order valence-corrected chi connectivity index (χ0v) is 18.6. The molecule has 0 spiro atoms. The lowest BCUT2D eigenvalue weighted by Crippen LogP contribution is -2.27. The number of nitrogens with one attached hydrogen (secondary N) is 1. The van der Waals surface area contributed by atoms with Crippen molar-refractivity contribution in [2.24, 2.45) is 0 Å². The molecule has 0 aliphatic carbocycles. The minimum absolute atomic E-state index is 0.200. The maximum atomic E-state index is 11.7. The van der Waals surface area contributed by atoms with Crippen molar-refractivity contribution < 1.29 is 4.79 Å². The van der Waals surface area contributed by atoms with Crippen LogP contribution in [0.4, 0.5) is 0 Å². The van der Waals surface area contributed by atoms with Crippen LogP contribution in [0.3, 0.4) is 0 Å². The molecular formula is C20H42N2OS2. The van der Waals surface area contributed by atoms with E-state index in [2.05, 4.69) is 31.2 Å². The lowest BCUT2D eigenvalue weighted by molar-refractivity contribution is -0.120. The molecule has 0 heterocycles. The fourth-order valence-corrected chi connectivity index (χ4v) is 4.75. The third kappa shape index (κ3) is 22.1. The maximum absolute atomic E-state index is 11.7. The van der Waals surface area contributed by atoms with Crippen LogP contribution in [0, 0.1) is 0 Å². The van der Waals surface area contributed by atoms with Crippen LogP contribution < -0.4 is 5.32 Å². The van der Waals surface area contributed by atoms with Gasteiger partial charge < -0.3 is 10.2 Å². The van der Waals surface area contributed by atoms with Gasteiger partial charge in [-0.25, -0.2) is 0 Å². The van der Waals surface area contributed by atoms with Crippen molar-refractivity contribution in [3.8, 4) is 0 Å². The number of nitrogens with zero attached hydrogens (tertiary/aromatic N) is 1. The highest BCUT2D eigenvalue weighted by Crippen LogP contribution is 2.23. The second-order valence-electron chi connectivity index (χ2n) is 7.08. The van der Waals surface area contributed by atoms with E-state index < -0.39 is 0 Å². The van der Waals surface area contributed by atoms with E-state index in [0.717, 1.165) is 25.3 Å². The third-order valence-corrected chi connectivity index (χ3v) is 6.67. The number of unbranched alkanes of at least 4 members (excludes halogenated alkanes) is 9. The van der Waals surface area contributed by atoms with Gasteiger partial charge in [-0.05, 0) is 33.5 Å². The summed E-state index contributed by atoms with van der Waals surface area (Å²) in [5.41, 5.74) is 0. The molecule has 1 amide bonds. The molecule has 0 radical (unpaired) electrons. The van der Waals surface area contributed by atoms with Crippen molar-refractivity contribution in [3.05, 3.63) is 0 Å². The number of carbonyl (C=O) groups excluding carboxylic acids is 1. The Balaban J connectivity index is 3.12. The molecule has 0 fully saturated rings. The van der Waals surface area contributed by atoms with E-state index in [0.29, 0.717) is 6.42 Å². The number of amides is 1. The molecule has 25 heavy (non-hydrogen) atoms. The first-order valence-corrected chi connectivity index (χ1v) is 12.8. The highest BCUT2D eigenvalue weighted by molar-refractivity contribution is 8.76. The van der Waals surface area contributed by atoms with Gasteiger partial charge in [0.1, 0.15) is 0 Å². The van der Waals surface area contributed by atoms with Gasteiger partial charge in [-0.3, -0.25) is 4.79 Å². The molecule has 0 saturated heterocycles. The largest absolute Gasteiger partial charge is 0.356 e. The normalized spacial score (nSPS) is 11.2. The predicted molar refractivity (Wildman–Crippen MR) is 118 cm³/mol. The first-order valence-electron chi connectivity index (χ1n) is 10.3. The predicted octanol–water partition coefficient (Wildman–Crippen LogP) is 5.75. The minimum Gasteiger partial charge on any atom is -0.356 e. The number of carbonyl (C=O) groups is 1. The summed E-state index contributed by atoms with van der Waals surface area (Å²) in [5.74, 6) is 2.36. The van der Waals surface area contributed by atoms with Gasteiger partial charge in [0.2, 0.25) is 5.91 Å². The molecular weight excluding hydrogens is 348 g/mol. The maximum Gasteiger partial charge on any atom is 0.220 e. The van der Waals surface area contributed by atoms with E-state index in [1.807, 2.05) is 21.6 Å². The molecule has 0 atom stereocenters. The number of rotatable bonds is 19. The van der Waals surface area contributed by atoms with Gasteiger partial charge in [-0.15, -0.1) is 0 Å². The fourth-order valence-electron chi connectivity index (χ4n) is 2.61. The van der Waals surface area contributed by atoms with Crippen molar-refractivity contribution >= 4 is 27.5 Å².